The van der Waals surface area contributed by atoms with Crippen LogP contribution in [0, 0.1) is 12.7 Å². The number of nitrogens with zero attached hydrogens (tertiary/aromatic N) is 2. The maximum atomic E-state index is 13.0. The summed E-state index contributed by atoms with van der Waals surface area (Å²) in [5, 5.41) is 0. The number of nitrogens with two attached hydrogens (primary N) is 1. The normalized spacial score (nSPS) is 11.8. The Morgan fingerprint density at radius 2 is 1.91 bits per heavy atom. The van der Waals surface area contributed by atoms with E-state index in [0.29, 0.717) is 24.3 Å². The second-order valence-electron chi connectivity index (χ2n) is 5.34. The molecule has 2 N–H and O–H groups in total. The third kappa shape index (κ3) is 4.05. The van der Waals surface area contributed by atoms with Crippen LogP contribution < -0.4 is 5.73 Å². The maximum absolute atomic E-state index is 13.0. The van der Waals surface area contributed by atoms with Crippen molar-refractivity contribution in [3.05, 3.63) is 53.5 Å². The smallest absolute Gasteiger partial charge is 0.244 e. The largest absolute Gasteiger partial charge is 0.383 e. The van der Waals surface area contributed by atoms with Crippen LogP contribution in [0.4, 0.5) is 10.2 Å². The van der Waals surface area contributed by atoms with Crippen molar-refractivity contribution < 1.29 is 12.8 Å². The number of nitrogen functional groups attached to an aromatic ring is 1. The van der Waals surface area contributed by atoms with E-state index in [4.69, 9.17) is 5.73 Å². The molecule has 0 atom stereocenters. The molecule has 0 radical (unpaired) electrons. The summed E-state index contributed by atoms with van der Waals surface area (Å²) in [4.78, 5) is 4.04. The average Bonchev–Trinajstić information content (AvgIpc) is 2.51. The zero-order valence-corrected chi connectivity index (χ0v) is 14.0. The molecular weight excluding hydrogens is 317 g/mol. The van der Waals surface area contributed by atoms with E-state index in [1.165, 1.54) is 28.7 Å². The SMILES string of the molecule is CCCN(Cc1ccc(F)cc1)S(=O)(=O)c1cnc(N)c(C)c1. The summed E-state index contributed by atoms with van der Waals surface area (Å²) < 4.78 is 40.0. The van der Waals surface area contributed by atoms with Gasteiger partial charge in [0.2, 0.25) is 10.0 Å². The Bertz CT molecular complexity index is 776. The van der Waals surface area contributed by atoms with Crippen LogP contribution >= 0.6 is 0 Å². The fraction of sp³-hybridized carbons (Fsp3) is 0.312. The Hall–Kier alpha value is -1.99. The second kappa shape index (κ2) is 7.06. The van der Waals surface area contributed by atoms with Crippen LogP contribution in [-0.4, -0.2) is 24.3 Å². The summed E-state index contributed by atoms with van der Waals surface area (Å²) in [6.07, 6.45) is 1.94. The van der Waals surface area contributed by atoms with E-state index >= 15 is 0 Å². The molecule has 7 heteroatoms. The molecule has 0 saturated heterocycles. The minimum Gasteiger partial charge on any atom is -0.383 e. The van der Waals surface area contributed by atoms with E-state index in [0.717, 1.165) is 5.56 Å². The molecule has 0 aliphatic heterocycles. The Balaban J connectivity index is 2.34. The minimum atomic E-state index is -3.69. The zero-order valence-electron chi connectivity index (χ0n) is 13.2. The number of hydrogen-bond acceptors (Lipinski definition) is 4. The molecule has 1 heterocycles. The van der Waals surface area contributed by atoms with Gasteiger partial charge in [-0.15, -0.1) is 0 Å². The van der Waals surface area contributed by atoms with Gasteiger partial charge in [-0.1, -0.05) is 19.1 Å². The van der Waals surface area contributed by atoms with Crippen molar-refractivity contribution in [1.29, 1.82) is 0 Å². The average molecular weight is 337 g/mol. The second-order valence-corrected chi connectivity index (χ2v) is 7.28. The standard InChI is InChI=1S/C16H20FN3O2S/c1-3-8-20(11-13-4-6-14(17)7-5-13)23(21,22)15-9-12(2)16(18)19-10-15/h4-7,9-10H,3,8,11H2,1-2H3,(H2,18,19). The highest BCUT2D eigenvalue weighted by Crippen LogP contribution is 2.21. The quantitative estimate of drug-likeness (QED) is 0.879. The summed E-state index contributed by atoms with van der Waals surface area (Å²) in [7, 11) is -3.69. The molecule has 0 fully saturated rings. The summed E-state index contributed by atoms with van der Waals surface area (Å²) in [6.45, 7) is 4.16. The van der Waals surface area contributed by atoms with Crippen molar-refractivity contribution >= 4 is 15.8 Å². The first-order chi connectivity index (χ1) is 10.8. The van der Waals surface area contributed by atoms with Crippen LogP contribution in [0.25, 0.3) is 0 Å². The number of aryl methyl sites for hydroxylation is 1. The molecule has 0 saturated carbocycles. The molecule has 2 aromatic rings. The minimum absolute atomic E-state index is 0.111. The predicted octanol–water partition coefficient (Wildman–Crippen LogP) is 2.71. The number of benzene rings is 1. The first-order valence-electron chi connectivity index (χ1n) is 7.31. The fourth-order valence-electron chi connectivity index (χ4n) is 2.18. The number of pyridine rings is 1. The molecule has 124 valence electrons. The Morgan fingerprint density at radius 3 is 2.48 bits per heavy atom. The summed E-state index contributed by atoms with van der Waals surface area (Å²) >= 11 is 0. The molecule has 0 spiro atoms. The molecule has 5 nitrogen and oxygen atoms in total. The van der Waals surface area contributed by atoms with Crippen LogP contribution in [0.5, 0.6) is 0 Å². The van der Waals surface area contributed by atoms with E-state index in [9.17, 15) is 12.8 Å². The van der Waals surface area contributed by atoms with Crippen molar-refractivity contribution in [2.75, 3.05) is 12.3 Å². The molecule has 2 rings (SSSR count). The van der Waals surface area contributed by atoms with Gasteiger partial charge in [0.15, 0.2) is 0 Å². The Morgan fingerprint density at radius 1 is 1.26 bits per heavy atom. The summed E-state index contributed by atoms with van der Waals surface area (Å²) in [5.41, 5.74) is 6.99. The van der Waals surface area contributed by atoms with Gasteiger partial charge < -0.3 is 5.73 Å². The van der Waals surface area contributed by atoms with E-state index in [1.54, 1.807) is 19.1 Å². The van der Waals surface area contributed by atoms with Gasteiger partial charge in [-0.3, -0.25) is 0 Å². The molecule has 0 bridgehead atoms. The molecule has 0 amide bonds. The van der Waals surface area contributed by atoms with Gasteiger partial charge in [-0.25, -0.2) is 17.8 Å². The molecule has 1 aromatic carbocycles. The first-order valence-corrected chi connectivity index (χ1v) is 8.75. The lowest BCUT2D eigenvalue weighted by atomic mass is 10.2. The lowest BCUT2D eigenvalue weighted by Gasteiger charge is -2.22. The summed E-state index contributed by atoms with van der Waals surface area (Å²) in [6, 6.07) is 7.33. The van der Waals surface area contributed by atoms with Gasteiger partial charge in [0, 0.05) is 19.3 Å². The molecule has 0 aliphatic carbocycles. The summed E-state index contributed by atoms with van der Waals surface area (Å²) in [5.74, 6) is -0.0402. The first kappa shape index (κ1) is 17.4. The highest BCUT2D eigenvalue weighted by Gasteiger charge is 2.24. The van der Waals surface area contributed by atoms with Crippen LogP contribution in [0.1, 0.15) is 24.5 Å². The third-order valence-electron chi connectivity index (χ3n) is 3.48. The number of hydrogen-bond donors (Lipinski definition) is 1. The number of sulfonamides is 1. The molecule has 0 unspecified atom stereocenters. The third-order valence-corrected chi connectivity index (χ3v) is 5.29. The molecule has 0 aliphatic rings. The van der Waals surface area contributed by atoms with Gasteiger partial charge in [-0.05, 0) is 42.7 Å². The Labute approximate surface area is 136 Å². The zero-order chi connectivity index (χ0) is 17.0. The number of rotatable bonds is 6. The lowest BCUT2D eigenvalue weighted by Crippen LogP contribution is -2.31. The monoisotopic (exact) mass is 337 g/mol. The van der Waals surface area contributed by atoms with E-state index < -0.39 is 10.0 Å². The number of anilines is 1. The van der Waals surface area contributed by atoms with Crippen LogP contribution in [0.2, 0.25) is 0 Å². The maximum Gasteiger partial charge on any atom is 0.244 e. The Kier molecular flexibility index (Phi) is 5.33. The highest BCUT2D eigenvalue weighted by atomic mass is 32.2. The van der Waals surface area contributed by atoms with Crippen molar-refractivity contribution in [3.63, 3.8) is 0 Å². The van der Waals surface area contributed by atoms with Crippen LogP contribution in [0.15, 0.2) is 41.4 Å². The molecule has 1 aromatic heterocycles. The fourth-order valence-corrected chi connectivity index (χ4v) is 3.73. The molecular formula is C16H20FN3O2S. The highest BCUT2D eigenvalue weighted by molar-refractivity contribution is 7.89. The van der Waals surface area contributed by atoms with E-state index in [2.05, 4.69) is 4.98 Å². The van der Waals surface area contributed by atoms with E-state index in [1.807, 2.05) is 6.92 Å². The number of aromatic nitrogens is 1. The van der Waals surface area contributed by atoms with Gasteiger partial charge in [0.25, 0.3) is 0 Å². The molecule has 23 heavy (non-hydrogen) atoms. The van der Waals surface area contributed by atoms with Crippen molar-refractivity contribution in [1.82, 2.24) is 9.29 Å². The van der Waals surface area contributed by atoms with Crippen LogP contribution in [0.3, 0.4) is 0 Å². The van der Waals surface area contributed by atoms with Crippen molar-refractivity contribution in [2.45, 2.75) is 31.7 Å². The predicted molar refractivity (Wildman–Crippen MR) is 87.7 cm³/mol. The van der Waals surface area contributed by atoms with Gasteiger partial charge in [0.1, 0.15) is 16.5 Å². The lowest BCUT2D eigenvalue weighted by molar-refractivity contribution is 0.405. The van der Waals surface area contributed by atoms with Gasteiger partial charge >= 0.3 is 0 Å². The van der Waals surface area contributed by atoms with Crippen LogP contribution in [-0.2, 0) is 16.6 Å². The van der Waals surface area contributed by atoms with Gasteiger partial charge in [-0.2, -0.15) is 4.31 Å². The van der Waals surface area contributed by atoms with E-state index in [-0.39, 0.29) is 17.3 Å². The number of halogens is 1. The van der Waals surface area contributed by atoms with Gasteiger partial charge in [0.05, 0.1) is 0 Å². The topological polar surface area (TPSA) is 76.3 Å². The van der Waals surface area contributed by atoms with Crippen molar-refractivity contribution in [2.24, 2.45) is 0 Å². The van der Waals surface area contributed by atoms with Crippen molar-refractivity contribution in [3.8, 4) is 0 Å².